The Bertz CT molecular complexity index is 96.2. The van der Waals surface area contributed by atoms with Gasteiger partial charge in [0.1, 0.15) is 6.61 Å². The van der Waals surface area contributed by atoms with Crippen LogP contribution in [0.2, 0.25) is 0 Å². The number of carbonyl (C=O) groups is 1. The Morgan fingerprint density at radius 2 is 2.38 bits per heavy atom. The topological polar surface area (TPSA) is 66.8 Å². The Kier molecular flexibility index (Phi) is 3.83. The monoisotopic (exact) mass is 118 g/mol. The standard InChI is InChI=1S/C4H6O4/c5-4(6)2-1-3-8-7/h1-2,7H,3H2,(H,5,6)/b2-1-. The fourth-order valence-electron chi connectivity index (χ4n) is 0.192. The quantitative estimate of drug-likeness (QED) is 0.313. The van der Waals surface area contributed by atoms with E-state index in [9.17, 15) is 4.79 Å². The summed E-state index contributed by atoms with van der Waals surface area (Å²) in [4.78, 5) is 13.2. The number of carboxylic acids is 1. The van der Waals surface area contributed by atoms with Crippen LogP contribution in [0.1, 0.15) is 0 Å². The van der Waals surface area contributed by atoms with Gasteiger partial charge in [0.05, 0.1) is 0 Å². The number of hydrogen-bond donors (Lipinski definition) is 2. The van der Waals surface area contributed by atoms with Crippen LogP contribution >= 0.6 is 0 Å². The minimum absolute atomic E-state index is 0.0910. The van der Waals surface area contributed by atoms with Crippen LogP contribution in [0.4, 0.5) is 0 Å². The van der Waals surface area contributed by atoms with Gasteiger partial charge in [-0.2, -0.15) is 0 Å². The second kappa shape index (κ2) is 4.29. The van der Waals surface area contributed by atoms with Gasteiger partial charge in [-0.15, -0.1) is 0 Å². The summed E-state index contributed by atoms with van der Waals surface area (Å²) >= 11 is 0. The molecule has 0 saturated heterocycles. The van der Waals surface area contributed by atoms with Crippen molar-refractivity contribution in [1.29, 1.82) is 0 Å². The van der Waals surface area contributed by atoms with E-state index >= 15 is 0 Å². The lowest BCUT2D eigenvalue weighted by atomic mass is 10.5. The van der Waals surface area contributed by atoms with Crippen LogP contribution < -0.4 is 0 Å². The highest BCUT2D eigenvalue weighted by Crippen LogP contribution is 1.72. The normalized spacial score (nSPS) is 10.1. The number of aliphatic carboxylic acids is 1. The highest BCUT2D eigenvalue weighted by molar-refractivity contribution is 5.79. The molecule has 0 unspecified atom stereocenters. The van der Waals surface area contributed by atoms with E-state index < -0.39 is 5.97 Å². The summed E-state index contributed by atoms with van der Waals surface area (Å²) in [5.41, 5.74) is 0. The highest BCUT2D eigenvalue weighted by Gasteiger charge is 1.81. The van der Waals surface area contributed by atoms with Gasteiger partial charge in [-0.3, -0.25) is 5.26 Å². The fraction of sp³-hybridized carbons (Fsp3) is 0.250. The van der Waals surface area contributed by atoms with Crippen LogP contribution in [0.5, 0.6) is 0 Å². The van der Waals surface area contributed by atoms with Crippen LogP contribution in [-0.4, -0.2) is 22.9 Å². The average molecular weight is 118 g/mol. The maximum absolute atomic E-state index is 9.65. The zero-order valence-corrected chi connectivity index (χ0v) is 4.07. The average Bonchev–Trinajstić information content (AvgIpc) is 1.66. The molecule has 0 amide bonds. The molecule has 4 heteroatoms. The minimum Gasteiger partial charge on any atom is -0.478 e. The Morgan fingerprint density at radius 1 is 1.75 bits per heavy atom. The second-order valence-electron chi connectivity index (χ2n) is 1.04. The van der Waals surface area contributed by atoms with Crippen molar-refractivity contribution in [3.63, 3.8) is 0 Å². The lowest BCUT2D eigenvalue weighted by Crippen LogP contribution is -1.88. The van der Waals surface area contributed by atoms with Crippen molar-refractivity contribution in [3.05, 3.63) is 12.2 Å². The molecule has 0 aromatic heterocycles. The first-order valence-electron chi connectivity index (χ1n) is 1.93. The summed E-state index contributed by atoms with van der Waals surface area (Å²) in [7, 11) is 0. The molecule has 46 valence electrons. The van der Waals surface area contributed by atoms with Crippen LogP contribution in [0.15, 0.2) is 12.2 Å². The molecule has 0 atom stereocenters. The van der Waals surface area contributed by atoms with Crippen molar-refractivity contribution in [2.75, 3.05) is 6.61 Å². The molecule has 0 heterocycles. The Hall–Kier alpha value is -0.870. The van der Waals surface area contributed by atoms with Crippen molar-refractivity contribution in [1.82, 2.24) is 0 Å². The molecule has 0 aliphatic heterocycles. The van der Waals surface area contributed by atoms with E-state index in [0.29, 0.717) is 0 Å². The SMILES string of the molecule is O=C(O)/C=C\COO. The van der Waals surface area contributed by atoms with Crippen LogP contribution in [0, 0.1) is 0 Å². The molecule has 0 radical (unpaired) electrons. The summed E-state index contributed by atoms with van der Waals surface area (Å²) in [5.74, 6) is -1.05. The molecule has 0 aromatic rings. The molecular formula is C4H6O4. The third kappa shape index (κ3) is 5.13. The first-order chi connectivity index (χ1) is 3.77. The van der Waals surface area contributed by atoms with E-state index in [1.165, 1.54) is 6.08 Å². The summed E-state index contributed by atoms with van der Waals surface area (Å²) in [5, 5.41) is 15.6. The van der Waals surface area contributed by atoms with Crippen LogP contribution in [0.3, 0.4) is 0 Å². The van der Waals surface area contributed by atoms with Gasteiger partial charge in [0.2, 0.25) is 0 Å². The number of carboxylic acid groups (broad SMARTS) is 1. The van der Waals surface area contributed by atoms with Gasteiger partial charge in [-0.25, -0.2) is 9.68 Å². The minimum atomic E-state index is -1.05. The van der Waals surface area contributed by atoms with E-state index in [-0.39, 0.29) is 6.61 Å². The number of hydrogen-bond acceptors (Lipinski definition) is 3. The molecule has 0 aliphatic carbocycles. The maximum Gasteiger partial charge on any atom is 0.328 e. The van der Waals surface area contributed by atoms with E-state index in [0.717, 1.165) is 6.08 Å². The third-order valence-corrected chi connectivity index (χ3v) is 0.431. The molecule has 0 rings (SSSR count). The van der Waals surface area contributed by atoms with Crippen molar-refractivity contribution in [3.8, 4) is 0 Å². The van der Waals surface area contributed by atoms with Gasteiger partial charge in [0, 0.05) is 6.08 Å². The van der Waals surface area contributed by atoms with E-state index in [4.69, 9.17) is 10.4 Å². The van der Waals surface area contributed by atoms with E-state index in [1.807, 2.05) is 0 Å². The lowest BCUT2D eigenvalue weighted by Gasteiger charge is -1.81. The Morgan fingerprint density at radius 3 is 2.75 bits per heavy atom. The predicted molar refractivity (Wildman–Crippen MR) is 25.4 cm³/mol. The highest BCUT2D eigenvalue weighted by atomic mass is 17.1. The van der Waals surface area contributed by atoms with Gasteiger partial charge in [-0.05, 0) is 6.08 Å². The fourth-order valence-corrected chi connectivity index (χ4v) is 0.192. The first kappa shape index (κ1) is 7.13. The van der Waals surface area contributed by atoms with Gasteiger partial charge >= 0.3 is 5.97 Å². The molecular weight excluding hydrogens is 112 g/mol. The zero-order chi connectivity index (χ0) is 6.41. The molecule has 0 bridgehead atoms. The molecule has 4 nitrogen and oxygen atoms in total. The van der Waals surface area contributed by atoms with Gasteiger partial charge in [-0.1, -0.05) is 0 Å². The van der Waals surface area contributed by atoms with Crippen molar-refractivity contribution in [2.45, 2.75) is 0 Å². The summed E-state index contributed by atoms with van der Waals surface area (Å²) in [6.07, 6.45) is 2.07. The Balaban J connectivity index is 3.20. The summed E-state index contributed by atoms with van der Waals surface area (Å²) in [6, 6.07) is 0. The molecule has 0 aliphatic rings. The Labute approximate surface area is 45.9 Å². The van der Waals surface area contributed by atoms with Crippen molar-refractivity contribution >= 4 is 5.97 Å². The van der Waals surface area contributed by atoms with Crippen LogP contribution in [0.25, 0.3) is 0 Å². The predicted octanol–water partition coefficient (Wildman–Crippen LogP) is 0.117. The smallest absolute Gasteiger partial charge is 0.328 e. The first-order valence-corrected chi connectivity index (χ1v) is 1.93. The maximum atomic E-state index is 9.65. The lowest BCUT2D eigenvalue weighted by molar-refractivity contribution is -0.231. The van der Waals surface area contributed by atoms with Gasteiger partial charge < -0.3 is 5.11 Å². The van der Waals surface area contributed by atoms with Gasteiger partial charge in [0.25, 0.3) is 0 Å². The van der Waals surface area contributed by atoms with Crippen molar-refractivity contribution in [2.24, 2.45) is 0 Å². The molecule has 0 saturated carbocycles. The van der Waals surface area contributed by atoms with Crippen LogP contribution in [-0.2, 0) is 9.68 Å². The zero-order valence-electron chi connectivity index (χ0n) is 4.07. The molecule has 0 spiro atoms. The second-order valence-corrected chi connectivity index (χ2v) is 1.04. The largest absolute Gasteiger partial charge is 0.478 e. The molecule has 8 heavy (non-hydrogen) atoms. The van der Waals surface area contributed by atoms with E-state index in [1.54, 1.807) is 0 Å². The molecule has 2 N–H and O–H groups in total. The van der Waals surface area contributed by atoms with Gasteiger partial charge in [0.15, 0.2) is 0 Å². The third-order valence-electron chi connectivity index (χ3n) is 0.431. The van der Waals surface area contributed by atoms with Crippen molar-refractivity contribution < 1.29 is 20.0 Å². The number of rotatable bonds is 3. The summed E-state index contributed by atoms with van der Waals surface area (Å²) in [6.45, 7) is -0.0910. The molecule has 0 aromatic carbocycles. The van der Waals surface area contributed by atoms with E-state index in [2.05, 4.69) is 4.89 Å². The summed E-state index contributed by atoms with van der Waals surface area (Å²) < 4.78 is 0. The molecule has 0 fully saturated rings.